The number of aromatic nitrogens is 1. The summed E-state index contributed by atoms with van der Waals surface area (Å²) in [5.74, 6) is 0.878. The first kappa shape index (κ1) is 14.3. The Labute approximate surface area is 115 Å². The van der Waals surface area contributed by atoms with Gasteiger partial charge in [0.2, 0.25) is 0 Å². The molecule has 1 fully saturated rings. The molecule has 1 aliphatic heterocycles. The van der Waals surface area contributed by atoms with E-state index in [9.17, 15) is 0 Å². The Hall–Kier alpha value is -1.13. The van der Waals surface area contributed by atoms with Gasteiger partial charge in [-0.2, -0.15) is 0 Å². The average molecular weight is 264 g/mol. The number of nitrogens with two attached hydrogens (primary N) is 1. The third-order valence-corrected chi connectivity index (χ3v) is 3.40. The summed E-state index contributed by atoms with van der Waals surface area (Å²) in [6.07, 6.45) is 5.73. The molecule has 106 valence electrons. The Morgan fingerprint density at radius 2 is 2.37 bits per heavy atom. The molecular weight excluding hydrogens is 240 g/mol. The summed E-state index contributed by atoms with van der Waals surface area (Å²) in [5.41, 5.74) is 7.59. The number of aryl methyl sites for hydroxylation is 1. The molecule has 0 spiro atoms. The van der Waals surface area contributed by atoms with E-state index in [1.807, 2.05) is 19.1 Å². The molecule has 0 saturated carbocycles. The van der Waals surface area contributed by atoms with Crippen LogP contribution >= 0.6 is 0 Å². The summed E-state index contributed by atoms with van der Waals surface area (Å²) in [6.45, 7) is 4.24. The molecule has 19 heavy (non-hydrogen) atoms. The van der Waals surface area contributed by atoms with Crippen LogP contribution in [0.1, 0.15) is 37.1 Å². The van der Waals surface area contributed by atoms with Gasteiger partial charge in [0.25, 0.3) is 0 Å². The molecule has 1 aliphatic rings. The monoisotopic (exact) mass is 264 g/mol. The van der Waals surface area contributed by atoms with Crippen LogP contribution in [0, 0.1) is 6.92 Å². The average Bonchev–Trinajstić information content (AvgIpc) is 2.90. The van der Waals surface area contributed by atoms with Crippen molar-refractivity contribution in [3.63, 3.8) is 0 Å². The number of hydrogen-bond donors (Lipinski definition) is 1. The van der Waals surface area contributed by atoms with Crippen LogP contribution in [0.2, 0.25) is 0 Å². The maximum absolute atomic E-state index is 5.83. The second-order valence-electron chi connectivity index (χ2n) is 5.06. The van der Waals surface area contributed by atoms with Crippen molar-refractivity contribution < 1.29 is 9.47 Å². The smallest absolute Gasteiger partial charge is 0.140 e. The number of ether oxygens (including phenoxy) is 2. The minimum atomic E-state index is 0.447. The lowest BCUT2D eigenvalue weighted by Gasteiger charge is -2.12. The largest absolute Gasteiger partial charge is 0.492 e. The number of hydrogen-bond acceptors (Lipinski definition) is 4. The molecular formula is C15H24N2O2. The zero-order valence-electron chi connectivity index (χ0n) is 11.7. The summed E-state index contributed by atoms with van der Waals surface area (Å²) < 4.78 is 11.4. The van der Waals surface area contributed by atoms with Crippen LogP contribution < -0.4 is 10.5 Å². The van der Waals surface area contributed by atoms with Crippen molar-refractivity contribution in [3.8, 4) is 5.75 Å². The van der Waals surface area contributed by atoms with E-state index in [-0.39, 0.29) is 0 Å². The van der Waals surface area contributed by atoms with Gasteiger partial charge in [0, 0.05) is 18.7 Å². The van der Waals surface area contributed by atoms with Crippen LogP contribution in [0.5, 0.6) is 5.75 Å². The molecule has 1 unspecified atom stereocenters. The molecule has 4 heteroatoms. The molecule has 2 rings (SSSR count). The molecule has 0 radical (unpaired) electrons. The molecule has 0 amide bonds. The predicted molar refractivity (Wildman–Crippen MR) is 75.4 cm³/mol. The van der Waals surface area contributed by atoms with Gasteiger partial charge in [-0.05, 0) is 51.3 Å². The predicted octanol–water partition coefficient (Wildman–Crippen LogP) is 2.23. The fourth-order valence-electron chi connectivity index (χ4n) is 2.41. The van der Waals surface area contributed by atoms with Gasteiger partial charge in [-0.1, -0.05) is 0 Å². The van der Waals surface area contributed by atoms with Gasteiger partial charge >= 0.3 is 0 Å². The number of pyridine rings is 1. The molecule has 0 aliphatic carbocycles. The molecule has 4 nitrogen and oxygen atoms in total. The highest BCUT2D eigenvalue weighted by Crippen LogP contribution is 2.19. The van der Waals surface area contributed by atoms with E-state index in [1.54, 1.807) is 0 Å². The Bertz CT molecular complexity index is 390. The number of rotatable bonds is 7. The van der Waals surface area contributed by atoms with Crippen LogP contribution in [-0.2, 0) is 11.2 Å². The van der Waals surface area contributed by atoms with Gasteiger partial charge in [0.05, 0.1) is 18.4 Å². The topological polar surface area (TPSA) is 57.4 Å². The SMILES string of the molecule is Cc1ccc(OCCCC2CCCO2)c(CCN)n1. The van der Waals surface area contributed by atoms with Crippen molar-refractivity contribution in [2.75, 3.05) is 19.8 Å². The van der Waals surface area contributed by atoms with Crippen LogP contribution in [-0.4, -0.2) is 30.8 Å². The summed E-state index contributed by atoms with van der Waals surface area (Å²) in [5, 5.41) is 0. The van der Waals surface area contributed by atoms with E-state index in [4.69, 9.17) is 15.2 Å². The van der Waals surface area contributed by atoms with E-state index in [0.717, 1.165) is 49.6 Å². The fourth-order valence-corrected chi connectivity index (χ4v) is 2.41. The van der Waals surface area contributed by atoms with Gasteiger partial charge in [-0.15, -0.1) is 0 Å². The van der Waals surface area contributed by atoms with E-state index < -0.39 is 0 Å². The minimum absolute atomic E-state index is 0.447. The molecule has 2 N–H and O–H groups in total. The first-order valence-corrected chi connectivity index (χ1v) is 7.20. The molecule has 2 heterocycles. The highest BCUT2D eigenvalue weighted by Gasteiger charge is 2.14. The molecule has 1 atom stereocenters. The first-order chi connectivity index (χ1) is 9.29. The lowest BCUT2D eigenvalue weighted by atomic mass is 10.1. The maximum Gasteiger partial charge on any atom is 0.140 e. The van der Waals surface area contributed by atoms with Crippen molar-refractivity contribution in [1.82, 2.24) is 4.98 Å². The van der Waals surface area contributed by atoms with Gasteiger partial charge in [-0.3, -0.25) is 4.98 Å². The lowest BCUT2D eigenvalue weighted by molar-refractivity contribution is 0.0980. The van der Waals surface area contributed by atoms with Gasteiger partial charge in [0.1, 0.15) is 5.75 Å². The van der Waals surface area contributed by atoms with Gasteiger partial charge in [-0.25, -0.2) is 0 Å². The second-order valence-corrected chi connectivity index (χ2v) is 5.06. The quantitative estimate of drug-likeness (QED) is 0.767. The molecule has 1 aromatic heterocycles. The third-order valence-electron chi connectivity index (χ3n) is 3.40. The summed E-state index contributed by atoms with van der Waals surface area (Å²) in [7, 11) is 0. The van der Waals surface area contributed by atoms with E-state index in [2.05, 4.69) is 4.98 Å². The van der Waals surface area contributed by atoms with Gasteiger partial charge < -0.3 is 15.2 Å². The van der Waals surface area contributed by atoms with Crippen LogP contribution in [0.25, 0.3) is 0 Å². The molecule has 1 aromatic rings. The Morgan fingerprint density at radius 3 is 3.11 bits per heavy atom. The summed E-state index contributed by atoms with van der Waals surface area (Å²) in [6, 6.07) is 3.98. The Kier molecular flexibility index (Phi) is 5.61. The van der Waals surface area contributed by atoms with E-state index in [1.165, 1.54) is 12.8 Å². The van der Waals surface area contributed by atoms with Crippen molar-refractivity contribution in [2.24, 2.45) is 5.73 Å². The Morgan fingerprint density at radius 1 is 1.47 bits per heavy atom. The van der Waals surface area contributed by atoms with Crippen LogP contribution in [0.3, 0.4) is 0 Å². The normalized spacial score (nSPS) is 18.7. The van der Waals surface area contributed by atoms with Crippen molar-refractivity contribution >= 4 is 0 Å². The number of nitrogens with zero attached hydrogens (tertiary/aromatic N) is 1. The second kappa shape index (κ2) is 7.46. The van der Waals surface area contributed by atoms with Crippen LogP contribution in [0.15, 0.2) is 12.1 Å². The highest BCUT2D eigenvalue weighted by atomic mass is 16.5. The van der Waals surface area contributed by atoms with Gasteiger partial charge in [0.15, 0.2) is 0 Å². The first-order valence-electron chi connectivity index (χ1n) is 7.20. The highest BCUT2D eigenvalue weighted by molar-refractivity contribution is 5.29. The minimum Gasteiger partial charge on any atom is -0.492 e. The molecule has 1 saturated heterocycles. The molecule has 0 bridgehead atoms. The molecule has 0 aromatic carbocycles. The van der Waals surface area contributed by atoms with Crippen molar-refractivity contribution in [1.29, 1.82) is 0 Å². The van der Waals surface area contributed by atoms with Crippen molar-refractivity contribution in [2.45, 2.75) is 45.1 Å². The third kappa shape index (κ3) is 4.48. The zero-order chi connectivity index (χ0) is 13.5. The fraction of sp³-hybridized carbons (Fsp3) is 0.667. The van der Waals surface area contributed by atoms with Crippen LogP contribution in [0.4, 0.5) is 0 Å². The van der Waals surface area contributed by atoms with E-state index in [0.29, 0.717) is 12.6 Å². The maximum atomic E-state index is 5.83. The Balaban J connectivity index is 1.77. The van der Waals surface area contributed by atoms with E-state index >= 15 is 0 Å². The lowest BCUT2D eigenvalue weighted by Crippen LogP contribution is -2.10. The zero-order valence-corrected chi connectivity index (χ0v) is 11.7. The summed E-state index contributed by atoms with van der Waals surface area (Å²) in [4.78, 5) is 4.49. The van der Waals surface area contributed by atoms with Crippen molar-refractivity contribution in [3.05, 3.63) is 23.5 Å². The summed E-state index contributed by atoms with van der Waals surface area (Å²) >= 11 is 0. The standard InChI is InChI=1S/C15H24N2O2/c1-12-6-7-15(14(17-12)8-9-16)19-11-3-5-13-4-2-10-18-13/h6-7,13H,2-5,8-11,16H2,1H3.